The zero-order valence-corrected chi connectivity index (χ0v) is 6.84. The third-order valence-corrected chi connectivity index (χ3v) is 2.94. The average Bonchev–Trinajstić information content (AvgIpc) is 1.95. The maximum absolute atomic E-state index is 10.5. The lowest BCUT2D eigenvalue weighted by Crippen LogP contribution is -2.24. The van der Waals surface area contributed by atoms with Crippen LogP contribution in [0.25, 0.3) is 0 Å². The van der Waals surface area contributed by atoms with E-state index in [0.29, 0.717) is 11.8 Å². The smallest absolute Gasteiger partial charge is 0.123 e. The Balaban J connectivity index is 2.50. The molecule has 0 N–H and O–H groups in total. The Hall–Kier alpha value is -0.330. The molecule has 0 aromatic carbocycles. The minimum atomic E-state index is 0.351. The topological polar surface area (TPSA) is 17.1 Å². The summed E-state index contributed by atoms with van der Waals surface area (Å²) < 4.78 is 0. The molecule has 1 aliphatic carbocycles. The van der Waals surface area contributed by atoms with Gasteiger partial charge in [0, 0.05) is 5.92 Å². The predicted molar refractivity (Wildman–Crippen MR) is 41.7 cm³/mol. The Bertz CT molecular complexity index is 120. The molecule has 0 aromatic rings. The van der Waals surface area contributed by atoms with Gasteiger partial charge in [-0.3, -0.25) is 0 Å². The maximum atomic E-state index is 10.5. The first-order valence-electron chi connectivity index (χ1n) is 4.21. The molecule has 0 amide bonds. The minimum absolute atomic E-state index is 0.351. The summed E-state index contributed by atoms with van der Waals surface area (Å²) in [5.41, 5.74) is 0. The van der Waals surface area contributed by atoms with Crippen molar-refractivity contribution < 1.29 is 4.79 Å². The van der Waals surface area contributed by atoms with Crippen LogP contribution < -0.4 is 0 Å². The van der Waals surface area contributed by atoms with E-state index in [2.05, 4.69) is 13.8 Å². The molecule has 3 atom stereocenters. The van der Waals surface area contributed by atoms with Gasteiger partial charge in [0.05, 0.1) is 0 Å². The van der Waals surface area contributed by atoms with Crippen LogP contribution in [0.1, 0.15) is 33.1 Å². The molecule has 0 bridgehead atoms. The van der Waals surface area contributed by atoms with E-state index in [1.165, 1.54) is 12.8 Å². The summed E-state index contributed by atoms with van der Waals surface area (Å²) in [6, 6.07) is 0. The number of aldehydes is 1. The number of hydrogen-bond acceptors (Lipinski definition) is 1. The normalized spacial score (nSPS) is 41.2. The van der Waals surface area contributed by atoms with E-state index < -0.39 is 0 Å². The summed E-state index contributed by atoms with van der Waals surface area (Å²) in [6.45, 7) is 4.45. The number of carbonyl (C=O) groups excluding carboxylic acids is 1. The van der Waals surface area contributed by atoms with Gasteiger partial charge in [0.2, 0.25) is 0 Å². The van der Waals surface area contributed by atoms with Gasteiger partial charge in [0.1, 0.15) is 6.29 Å². The molecule has 58 valence electrons. The number of carbonyl (C=O) groups is 1. The molecule has 3 unspecified atom stereocenters. The van der Waals surface area contributed by atoms with E-state index in [1.807, 2.05) is 0 Å². The standard InChI is InChI=1S/C9H16O/c1-7-4-3-5-9(6-10)8(7)2/h6-9H,3-5H2,1-2H3. The van der Waals surface area contributed by atoms with E-state index >= 15 is 0 Å². The molecule has 0 aliphatic heterocycles. The van der Waals surface area contributed by atoms with Gasteiger partial charge in [0.25, 0.3) is 0 Å². The van der Waals surface area contributed by atoms with E-state index in [1.54, 1.807) is 0 Å². The SMILES string of the molecule is CC1CCCC(C=O)C1C. The van der Waals surface area contributed by atoms with Crippen molar-refractivity contribution in [3.8, 4) is 0 Å². The zero-order valence-electron chi connectivity index (χ0n) is 6.84. The fourth-order valence-electron chi connectivity index (χ4n) is 1.82. The molecule has 0 spiro atoms. The second-order valence-corrected chi connectivity index (χ2v) is 3.57. The first kappa shape index (κ1) is 7.77. The van der Waals surface area contributed by atoms with Crippen molar-refractivity contribution in [3.63, 3.8) is 0 Å². The van der Waals surface area contributed by atoms with Gasteiger partial charge in [-0.05, 0) is 18.3 Å². The summed E-state index contributed by atoms with van der Waals surface area (Å²) >= 11 is 0. The van der Waals surface area contributed by atoms with E-state index in [-0.39, 0.29) is 0 Å². The summed E-state index contributed by atoms with van der Waals surface area (Å²) in [4.78, 5) is 10.5. The van der Waals surface area contributed by atoms with Crippen molar-refractivity contribution >= 4 is 6.29 Å². The van der Waals surface area contributed by atoms with Gasteiger partial charge in [0.15, 0.2) is 0 Å². The lowest BCUT2D eigenvalue weighted by molar-refractivity contribution is -0.114. The zero-order chi connectivity index (χ0) is 7.56. The van der Waals surface area contributed by atoms with Crippen LogP contribution in [0.3, 0.4) is 0 Å². The fraction of sp³-hybridized carbons (Fsp3) is 0.889. The van der Waals surface area contributed by atoms with Crippen LogP contribution in [-0.2, 0) is 4.79 Å². The van der Waals surface area contributed by atoms with Gasteiger partial charge in [-0.2, -0.15) is 0 Å². The molecule has 10 heavy (non-hydrogen) atoms. The number of hydrogen-bond donors (Lipinski definition) is 0. The van der Waals surface area contributed by atoms with Gasteiger partial charge in [-0.25, -0.2) is 0 Å². The van der Waals surface area contributed by atoms with E-state index in [0.717, 1.165) is 18.6 Å². The lowest BCUT2D eigenvalue weighted by Gasteiger charge is -2.30. The van der Waals surface area contributed by atoms with Crippen molar-refractivity contribution in [1.82, 2.24) is 0 Å². The second-order valence-electron chi connectivity index (χ2n) is 3.57. The molecule has 1 saturated carbocycles. The van der Waals surface area contributed by atoms with Crippen LogP contribution in [0.15, 0.2) is 0 Å². The highest BCUT2D eigenvalue weighted by atomic mass is 16.1. The highest BCUT2D eigenvalue weighted by molar-refractivity contribution is 5.54. The van der Waals surface area contributed by atoms with Crippen LogP contribution >= 0.6 is 0 Å². The Kier molecular flexibility index (Phi) is 2.47. The maximum Gasteiger partial charge on any atom is 0.123 e. The van der Waals surface area contributed by atoms with Crippen LogP contribution in [0.2, 0.25) is 0 Å². The van der Waals surface area contributed by atoms with Gasteiger partial charge >= 0.3 is 0 Å². The van der Waals surface area contributed by atoms with Gasteiger partial charge < -0.3 is 4.79 Å². The molecule has 0 saturated heterocycles. The quantitative estimate of drug-likeness (QED) is 0.510. The molecule has 0 heterocycles. The lowest BCUT2D eigenvalue weighted by atomic mass is 9.75. The van der Waals surface area contributed by atoms with Crippen molar-refractivity contribution in [1.29, 1.82) is 0 Å². The van der Waals surface area contributed by atoms with Crippen molar-refractivity contribution in [2.75, 3.05) is 0 Å². The third-order valence-electron chi connectivity index (χ3n) is 2.94. The fourth-order valence-corrected chi connectivity index (χ4v) is 1.82. The first-order chi connectivity index (χ1) is 4.75. The van der Waals surface area contributed by atoms with Crippen LogP contribution in [0.5, 0.6) is 0 Å². The van der Waals surface area contributed by atoms with Crippen LogP contribution in [0.4, 0.5) is 0 Å². The van der Waals surface area contributed by atoms with Gasteiger partial charge in [-0.15, -0.1) is 0 Å². The molecule has 0 radical (unpaired) electrons. The predicted octanol–water partition coefficient (Wildman–Crippen LogP) is 2.26. The summed E-state index contributed by atoms with van der Waals surface area (Å²) in [5, 5.41) is 0. The minimum Gasteiger partial charge on any atom is -0.303 e. The van der Waals surface area contributed by atoms with Crippen LogP contribution in [0, 0.1) is 17.8 Å². The molecular formula is C9H16O. The molecule has 1 aliphatic rings. The summed E-state index contributed by atoms with van der Waals surface area (Å²) in [5.74, 6) is 1.72. The largest absolute Gasteiger partial charge is 0.303 e. The third kappa shape index (κ3) is 1.39. The molecular weight excluding hydrogens is 124 g/mol. The van der Waals surface area contributed by atoms with Gasteiger partial charge in [-0.1, -0.05) is 26.7 Å². The Labute approximate surface area is 62.8 Å². The summed E-state index contributed by atoms with van der Waals surface area (Å²) in [7, 11) is 0. The molecule has 1 rings (SSSR count). The Morgan fingerprint density at radius 3 is 2.50 bits per heavy atom. The first-order valence-corrected chi connectivity index (χ1v) is 4.21. The number of rotatable bonds is 1. The molecule has 1 nitrogen and oxygen atoms in total. The van der Waals surface area contributed by atoms with Crippen molar-refractivity contribution in [2.24, 2.45) is 17.8 Å². The Morgan fingerprint density at radius 2 is 2.00 bits per heavy atom. The van der Waals surface area contributed by atoms with E-state index in [4.69, 9.17) is 0 Å². The second kappa shape index (κ2) is 3.18. The molecule has 0 aromatic heterocycles. The molecule has 1 fully saturated rings. The van der Waals surface area contributed by atoms with Crippen molar-refractivity contribution in [3.05, 3.63) is 0 Å². The Morgan fingerprint density at radius 1 is 1.30 bits per heavy atom. The van der Waals surface area contributed by atoms with E-state index in [9.17, 15) is 4.79 Å². The van der Waals surface area contributed by atoms with Crippen molar-refractivity contribution in [2.45, 2.75) is 33.1 Å². The summed E-state index contributed by atoms with van der Waals surface area (Å²) in [6.07, 6.45) is 4.82. The monoisotopic (exact) mass is 140 g/mol. The van der Waals surface area contributed by atoms with Crippen LogP contribution in [-0.4, -0.2) is 6.29 Å². The highest BCUT2D eigenvalue weighted by Gasteiger charge is 2.25. The highest BCUT2D eigenvalue weighted by Crippen LogP contribution is 2.32. The molecule has 1 heteroatoms. The average molecular weight is 140 g/mol.